The molecule has 1 aromatic heterocycles. The van der Waals surface area contributed by atoms with Gasteiger partial charge in [0.05, 0.1) is 17.6 Å². The van der Waals surface area contributed by atoms with Gasteiger partial charge in [-0.15, -0.1) is 11.8 Å². The highest BCUT2D eigenvalue weighted by Gasteiger charge is 2.15. The summed E-state index contributed by atoms with van der Waals surface area (Å²) < 4.78 is 15.1. The summed E-state index contributed by atoms with van der Waals surface area (Å²) in [4.78, 5) is 12.6. The average Bonchev–Trinajstić information content (AvgIpc) is 3.04. The first kappa shape index (κ1) is 16.7. The third kappa shape index (κ3) is 3.87. The quantitative estimate of drug-likeness (QED) is 0.712. The normalized spacial score (nSPS) is 10.2. The van der Waals surface area contributed by atoms with Crippen LogP contribution in [0, 0.1) is 17.1 Å². The van der Waals surface area contributed by atoms with Gasteiger partial charge in [0.15, 0.2) is 5.82 Å². The Bertz CT molecular complexity index is 934. The fourth-order valence-electron chi connectivity index (χ4n) is 2.19. The average molecular weight is 352 g/mol. The molecular formula is C18H13FN4OS. The van der Waals surface area contributed by atoms with E-state index in [1.807, 2.05) is 36.4 Å². The Morgan fingerprint density at radius 1 is 1.20 bits per heavy atom. The fourth-order valence-corrected chi connectivity index (χ4v) is 2.93. The summed E-state index contributed by atoms with van der Waals surface area (Å²) in [7, 11) is 0. The zero-order chi connectivity index (χ0) is 17.6. The maximum Gasteiger partial charge on any atom is 0.235 e. The van der Waals surface area contributed by atoms with E-state index < -0.39 is 0 Å². The second-order valence-corrected chi connectivity index (χ2v) is 6.05. The minimum absolute atomic E-state index is 0.0196. The molecule has 0 saturated heterocycles. The molecule has 1 heterocycles. The number of carbonyl (C=O) groups is 1. The fraction of sp³-hybridized carbons (Fsp3) is 0.0556. The topological polar surface area (TPSA) is 70.7 Å². The highest BCUT2D eigenvalue weighted by molar-refractivity contribution is 8.00. The van der Waals surface area contributed by atoms with E-state index in [0.29, 0.717) is 10.7 Å². The van der Waals surface area contributed by atoms with E-state index in [4.69, 9.17) is 0 Å². The maximum atomic E-state index is 13.6. The van der Waals surface area contributed by atoms with Crippen molar-refractivity contribution in [3.05, 3.63) is 72.2 Å². The van der Waals surface area contributed by atoms with Crippen molar-refractivity contribution in [2.45, 2.75) is 4.90 Å². The van der Waals surface area contributed by atoms with Crippen molar-refractivity contribution >= 4 is 23.5 Å². The second-order valence-electron chi connectivity index (χ2n) is 5.03. The summed E-state index contributed by atoms with van der Waals surface area (Å²) in [5.41, 5.74) is 0.981. The first-order valence-electron chi connectivity index (χ1n) is 7.40. The van der Waals surface area contributed by atoms with Crippen molar-refractivity contribution in [1.82, 2.24) is 9.78 Å². The van der Waals surface area contributed by atoms with E-state index in [-0.39, 0.29) is 23.0 Å². The van der Waals surface area contributed by atoms with Crippen molar-refractivity contribution in [2.75, 3.05) is 11.1 Å². The van der Waals surface area contributed by atoms with Gasteiger partial charge in [0.2, 0.25) is 5.91 Å². The van der Waals surface area contributed by atoms with Crippen LogP contribution in [0.2, 0.25) is 0 Å². The summed E-state index contributed by atoms with van der Waals surface area (Å²) in [6.07, 6.45) is 1.40. The number of anilines is 1. The maximum absolute atomic E-state index is 13.6. The van der Waals surface area contributed by atoms with Crippen LogP contribution < -0.4 is 5.32 Å². The number of para-hydroxylation sites is 1. The van der Waals surface area contributed by atoms with Gasteiger partial charge in [-0.05, 0) is 24.3 Å². The largest absolute Gasteiger partial charge is 0.309 e. The lowest BCUT2D eigenvalue weighted by Gasteiger charge is -2.09. The number of benzene rings is 2. The summed E-state index contributed by atoms with van der Waals surface area (Å²) in [5, 5.41) is 16.1. The Hall–Kier alpha value is -3.11. The Morgan fingerprint density at radius 2 is 1.92 bits per heavy atom. The molecule has 0 radical (unpaired) electrons. The molecule has 0 atom stereocenters. The van der Waals surface area contributed by atoms with Gasteiger partial charge in [-0.25, -0.2) is 9.07 Å². The van der Waals surface area contributed by atoms with Crippen LogP contribution in [0.3, 0.4) is 0 Å². The van der Waals surface area contributed by atoms with Crippen LogP contribution in [-0.4, -0.2) is 21.4 Å². The van der Waals surface area contributed by atoms with E-state index in [9.17, 15) is 14.4 Å². The minimum Gasteiger partial charge on any atom is -0.309 e. The van der Waals surface area contributed by atoms with Crippen molar-refractivity contribution < 1.29 is 9.18 Å². The van der Waals surface area contributed by atoms with Crippen molar-refractivity contribution in [3.63, 3.8) is 0 Å². The Labute approximate surface area is 148 Å². The highest BCUT2D eigenvalue weighted by atomic mass is 32.2. The number of thioether (sulfide) groups is 1. The molecule has 0 aliphatic heterocycles. The van der Waals surface area contributed by atoms with E-state index in [0.717, 1.165) is 17.4 Å². The van der Waals surface area contributed by atoms with Crippen LogP contribution in [0.15, 0.2) is 65.7 Å². The van der Waals surface area contributed by atoms with Gasteiger partial charge in [0, 0.05) is 4.90 Å². The predicted molar refractivity (Wildman–Crippen MR) is 94.0 cm³/mol. The standard InChI is InChI=1S/C18H13FN4OS/c19-15-8-4-5-9-16(15)25-12-17(24)22-18-13(10-20)11-21-23(18)14-6-2-1-3-7-14/h1-9,11H,12H2,(H,22,24). The molecule has 0 aliphatic carbocycles. The number of rotatable bonds is 5. The molecule has 3 rings (SSSR count). The van der Waals surface area contributed by atoms with Crippen molar-refractivity contribution in [2.24, 2.45) is 0 Å². The lowest BCUT2D eigenvalue weighted by atomic mass is 10.3. The molecule has 0 bridgehead atoms. The molecule has 124 valence electrons. The van der Waals surface area contributed by atoms with Gasteiger partial charge in [-0.3, -0.25) is 4.79 Å². The van der Waals surface area contributed by atoms with Gasteiger partial charge in [0.1, 0.15) is 17.4 Å². The number of nitrogens with one attached hydrogen (secondary N) is 1. The minimum atomic E-state index is -0.368. The van der Waals surface area contributed by atoms with E-state index in [2.05, 4.69) is 10.4 Å². The van der Waals surface area contributed by atoms with Crippen LogP contribution in [0.5, 0.6) is 0 Å². The third-order valence-corrected chi connectivity index (χ3v) is 4.39. The Balaban J connectivity index is 1.76. The molecule has 1 amide bonds. The first-order chi connectivity index (χ1) is 12.2. The molecule has 25 heavy (non-hydrogen) atoms. The zero-order valence-corrected chi connectivity index (χ0v) is 13.8. The van der Waals surface area contributed by atoms with E-state index in [1.54, 1.807) is 18.2 Å². The van der Waals surface area contributed by atoms with Gasteiger partial charge >= 0.3 is 0 Å². The molecule has 0 aliphatic rings. The molecule has 0 unspecified atom stereocenters. The lowest BCUT2D eigenvalue weighted by molar-refractivity contribution is -0.113. The molecule has 0 spiro atoms. The number of halogens is 1. The van der Waals surface area contributed by atoms with E-state index >= 15 is 0 Å². The van der Waals surface area contributed by atoms with Gasteiger partial charge in [-0.2, -0.15) is 10.4 Å². The van der Waals surface area contributed by atoms with Gasteiger partial charge < -0.3 is 5.32 Å². The van der Waals surface area contributed by atoms with Crippen molar-refractivity contribution in [3.8, 4) is 11.8 Å². The molecule has 7 heteroatoms. The highest BCUT2D eigenvalue weighted by Crippen LogP contribution is 2.23. The molecule has 2 aromatic carbocycles. The summed E-state index contributed by atoms with van der Waals surface area (Å²) in [6.45, 7) is 0. The SMILES string of the molecule is N#Cc1cnn(-c2ccccc2)c1NC(=O)CSc1ccccc1F. The predicted octanol–water partition coefficient (Wildman–Crippen LogP) is 3.61. The molecule has 0 saturated carbocycles. The van der Waals surface area contributed by atoms with Gasteiger partial charge in [-0.1, -0.05) is 30.3 Å². The smallest absolute Gasteiger partial charge is 0.235 e. The van der Waals surface area contributed by atoms with Crippen LogP contribution in [0.1, 0.15) is 5.56 Å². The van der Waals surface area contributed by atoms with Crippen LogP contribution >= 0.6 is 11.8 Å². The van der Waals surface area contributed by atoms with Crippen LogP contribution in [-0.2, 0) is 4.79 Å². The Kier molecular flexibility index (Phi) is 5.11. The number of carbonyl (C=O) groups excluding carboxylic acids is 1. The van der Waals surface area contributed by atoms with E-state index in [1.165, 1.54) is 16.9 Å². The molecule has 5 nitrogen and oxygen atoms in total. The summed E-state index contributed by atoms with van der Waals surface area (Å²) in [6, 6.07) is 17.4. The van der Waals surface area contributed by atoms with Crippen molar-refractivity contribution in [1.29, 1.82) is 5.26 Å². The Morgan fingerprint density at radius 3 is 2.64 bits per heavy atom. The molecule has 1 N–H and O–H groups in total. The number of nitrogens with zero attached hydrogens (tertiary/aromatic N) is 3. The van der Waals surface area contributed by atoms with Crippen LogP contribution in [0.4, 0.5) is 10.2 Å². The number of nitriles is 1. The third-order valence-electron chi connectivity index (χ3n) is 3.34. The molecule has 0 fully saturated rings. The lowest BCUT2D eigenvalue weighted by Crippen LogP contribution is -2.17. The zero-order valence-electron chi connectivity index (χ0n) is 13.0. The summed E-state index contributed by atoms with van der Waals surface area (Å²) >= 11 is 1.09. The second kappa shape index (κ2) is 7.64. The summed E-state index contributed by atoms with van der Waals surface area (Å²) in [5.74, 6) is -0.395. The number of amides is 1. The van der Waals surface area contributed by atoms with Gasteiger partial charge in [0.25, 0.3) is 0 Å². The molecule has 3 aromatic rings. The van der Waals surface area contributed by atoms with Crippen LogP contribution in [0.25, 0.3) is 5.69 Å². The number of hydrogen-bond acceptors (Lipinski definition) is 4. The monoisotopic (exact) mass is 352 g/mol. The number of aromatic nitrogens is 2. The first-order valence-corrected chi connectivity index (χ1v) is 8.38. The number of hydrogen-bond donors (Lipinski definition) is 1. The molecular weight excluding hydrogens is 339 g/mol.